The van der Waals surface area contributed by atoms with E-state index < -0.39 is 6.10 Å². The number of halogens is 1. The van der Waals surface area contributed by atoms with Crippen LogP contribution >= 0.6 is 0 Å². The van der Waals surface area contributed by atoms with Crippen molar-refractivity contribution in [3.8, 4) is 0 Å². The van der Waals surface area contributed by atoms with E-state index in [0.717, 1.165) is 21.9 Å². The highest BCUT2D eigenvalue weighted by Crippen LogP contribution is 2.31. The number of aryl methyl sites for hydroxylation is 2. The second kappa shape index (κ2) is 5.30. The molecule has 1 nitrogen and oxygen atoms in total. The molecule has 0 aliphatic heterocycles. The fraction of sp³-hybridized carbons (Fsp3) is 0.158. The zero-order valence-corrected chi connectivity index (χ0v) is 12.1. The average molecular weight is 280 g/mol. The molecule has 0 aliphatic carbocycles. The largest absolute Gasteiger partial charge is 0.384 e. The quantitative estimate of drug-likeness (QED) is 0.722. The van der Waals surface area contributed by atoms with Crippen LogP contribution in [0.4, 0.5) is 4.39 Å². The van der Waals surface area contributed by atoms with Crippen molar-refractivity contribution >= 4 is 10.8 Å². The third-order valence-electron chi connectivity index (χ3n) is 3.98. The van der Waals surface area contributed by atoms with E-state index in [1.54, 1.807) is 19.1 Å². The van der Waals surface area contributed by atoms with E-state index in [-0.39, 0.29) is 5.82 Å². The molecular weight excluding hydrogens is 263 g/mol. The number of aliphatic hydroxyl groups excluding tert-OH is 1. The molecule has 0 fully saturated rings. The number of aliphatic hydroxyl groups is 1. The normalized spacial score (nSPS) is 12.6. The standard InChI is InChI=1S/C19H17FO/c1-12-8-10-17(16-6-4-3-5-15(12)16)19(21)14-9-7-13(2)18(20)11-14/h3-11,19,21H,1-2H3. The summed E-state index contributed by atoms with van der Waals surface area (Å²) in [4.78, 5) is 0. The molecule has 0 aromatic heterocycles. The summed E-state index contributed by atoms with van der Waals surface area (Å²) >= 11 is 0. The maximum absolute atomic E-state index is 13.7. The van der Waals surface area contributed by atoms with Gasteiger partial charge in [-0.2, -0.15) is 0 Å². The fourth-order valence-electron chi connectivity index (χ4n) is 2.67. The molecule has 2 heteroatoms. The van der Waals surface area contributed by atoms with Gasteiger partial charge in [0.2, 0.25) is 0 Å². The van der Waals surface area contributed by atoms with Crippen LogP contribution in [0.5, 0.6) is 0 Å². The molecule has 1 atom stereocenters. The maximum Gasteiger partial charge on any atom is 0.126 e. The molecular formula is C19H17FO. The van der Waals surface area contributed by atoms with Crippen molar-refractivity contribution in [3.05, 3.63) is 82.7 Å². The third kappa shape index (κ3) is 2.43. The molecule has 3 rings (SSSR count). The molecule has 0 heterocycles. The van der Waals surface area contributed by atoms with Crippen LogP contribution in [-0.4, -0.2) is 5.11 Å². The lowest BCUT2D eigenvalue weighted by Gasteiger charge is -2.16. The monoisotopic (exact) mass is 280 g/mol. The summed E-state index contributed by atoms with van der Waals surface area (Å²) in [6.45, 7) is 3.76. The molecule has 0 radical (unpaired) electrons. The maximum atomic E-state index is 13.7. The summed E-state index contributed by atoms with van der Waals surface area (Å²) in [6.07, 6.45) is -0.828. The minimum atomic E-state index is -0.828. The summed E-state index contributed by atoms with van der Waals surface area (Å²) < 4.78 is 13.7. The highest BCUT2D eigenvalue weighted by atomic mass is 19.1. The lowest BCUT2D eigenvalue weighted by Crippen LogP contribution is -2.02. The van der Waals surface area contributed by atoms with Gasteiger partial charge in [0.25, 0.3) is 0 Å². The first-order chi connectivity index (χ1) is 10.1. The highest BCUT2D eigenvalue weighted by Gasteiger charge is 2.15. The van der Waals surface area contributed by atoms with Gasteiger partial charge in [-0.05, 0) is 52.9 Å². The van der Waals surface area contributed by atoms with Crippen LogP contribution in [0.2, 0.25) is 0 Å². The van der Waals surface area contributed by atoms with Crippen molar-refractivity contribution < 1.29 is 9.50 Å². The van der Waals surface area contributed by atoms with Crippen LogP contribution < -0.4 is 0 Å². The third-order valence-corrected chi connectivity index (χ3v) is 3.98. The Hall–Kier alpha value is -2.19. The van der Waals surface area contributed by atoms with Crippen LogP contribution in [0.3, 0.4) is 0 Å². The first kappa shape index (κ1) is 13.8. The number of rotatable bonds is 2. The molecule has 0 saturated carbocycles. The molecule has 3 aromatic carbocycles. The van der Waals surface area contributed by atoms with Crippen molar-refractivity contribution in [1.82, 2.24) is 0 Å². The Balaban J connectivity index is 2.15. The Kier molecular flexibility index (Phi) is 3.48. The van der Waals surface area contributed by atoms with Gasteiger partial charge in [-0.25, -0.2) is 4.39 Å². The zero-order chi connectivity index (χ0) is 15.0. The fourth-order valence-corrected chi connectivity index (χ4v) is 2.67. The predicted octanol–water partition coefficient (Wildman–Crippen LogP) is 4.68. The molecule has 1 N–H and O–H groups in total. The Bertz CT molecular complexity index is 808. The van der Waals surface area contributed by atoms with E-state index in [9.17, 15) is 9.50 Å². The minimum Gasteiger partial charge on any atom is -0.384 e. The van der Waals surface area contributed by atoms with Crippen LogP contribution in [0.25, 0.3) is 10.8 Å². The van der Waals surface area contributed by atoms with Crippen LogP contribution in [0.15, 0.2) is 54.6 Å². The topological polar surface area (TPSA) is 20.2 Å². The zero-order valence-electron chi connectivity index (χ0n) is 12.1. The van der Waals surface area contributed by atoms with E-state index >= 15 is 0 Å². The second-order valence-electron chi connectivity index (χ2n) is 5.43. The molecule has 0 bridgehead atoms. The molecule has 0 saturated heterocycles. The number of fused-ring (bicyclic) bond motifs is 1. The van der Waals surface area contributed by atoms with Gasteiger partial charge in [0.1, 0.15) is 11.9 Å². The average Bonchev–Trinajstić information content (AvgIpc) is 2.50. The van der Waals surface area contributed by atoms with Gasteiger partial charge in [0.05, 0.1) is 0 Å². The minimum absolute atomic E-state index is 0.289. The van der Waals surface area contributed by atoms with Crippen molar-refractivity contribution in [2.75, 3.05) is 0 Å². The Morgan fingerprint density at radius 2 is 1.52 bits per heavy atom. The summed E-state index contributed by atoms with van der Waals surface area (Å²) in [7, 11) is 0. The first-order valence-electron chi connectivity index (χ1n) is 7.00. The van der Waals surface area contributed by atoms with E-state index in [0.29, 0.717) is 11.1 Å². The molecule has 0 amide bonds. The Morgan fingerprint density at radius 1 is 0.857 bits per heavy atom. The highest BCUT2D eigenvalue weighted by molar-refractivity contribution is 5.89. The predicted molar refractivity (Wildman–Crippen MR) is 83.9 cm³/mol. The van der Waals surface area contributed by atoms with E-state index in [1.165, 1.54) is 6.07 Å². The van der Waals surface area contributed by atoms with Crippen molar-refractivity contribution in [1.29, 1.82) is 0 Å². The Labute approximate surface area is 123 Å². The number of benzene rings is 3. The van der Waals surface area contributed by atoms with E-state index in [4.69, 9.17) is 0 Å². The molecule has 3 aromatic rings. The molecule has 0 spiro atoms. The summed E-state index contributed by atoms with van der Waals surface area (Å²) in [6, 6.07) is 16.8. The molecule has 0 aliphatic rings. The Morgan fingerprint density at radius 3 is 2.24 bits per heavy atom. The van der Waals surface area contributed by atoms with Crippen LogP contribution in [0, 0.1) is 19.7 Å². The van der Waals surface area contributed by atoms with E-state index in [1.807, 2.05) is 43.3 Å². The summed E-state index contributed by atoms with van der Waals surface area (Å²) in [5, 5.41) is 12.7. The van der Waals surface area contributed by atoms with Gasteiger partial charge in [0.15, 0.2) is 0 Å². The summed E-state index contributed by atoms with van der Waals surface area (Å²) in [5.41, 5.74) is 3.13. The lowest BCUT2D eigenvalue weighted by molar-refractivity contribution is 0.221. The van der Waals surface area contributed by atoms with Crippen molar-refractivity contribution in [2.45, 2.75) is 20.0 Å². The van der Waals surface area contributed by atoms with Gasteiger partial charge in [-0.15, -0.1) is 0 Å². The van der Waals surface area contributed by atoms with E-state index in [2.05, 4.69) is 0 Å². The molecule has 106 valence electrons. The SMILES string of the molecule is Cc1ccc(C(O)c2ccc(C)c3ccccc23)cc1F. The van der Waals surface area contributed by atoms with Crippen LogP contribution in [0.1, 0.15) is 28.4 Å². The number of hydrogen-bond acceptors (Lipinski definition) is 1. The first-order valence-corrected chi connectivity index (χ1v) is 7.00. The van der Waals surface area contributed by atoms with Gasteiger partial charge in [0, 0.05) is 0 Å². The van der Waals surface area contributed by atoms with Gasteiger partial charge < -0.3 is 5.11 Å². The van der Waals surface area contributed by atoms with Crippen molar-refractivity contribution in [2.24, 2.45) is 0 Å². The molecule has 1 unspecified atom stereocenters. The second-order valence-corrected chi connectivity index (χ2v) is 5.43. The molecule has 21 heavy (non-hydrogen) atoms. The summed E-state index contributed by atoms with van der Waals surface area (Å²) in [5.74, 6) is -0.289. The van der Waals surface area contributed by atoms with Gasteiger partial charge >= 0.3 is 0 Å². The smallest absolute Gasteiger partial charge is 0.126 e. The van der Waals surface area contributed by atoms with Gasteiger partial charge in [-0.3, -0.25) is 0 Å². The lowest BCUT2D eigenvalue weighted by atomic mass is 9.93. The van der Waals surface area contributed by atoms with Crippen LogP contribution in [-0.2, 0) is 0 Å². The van der Waals surface area contributed by atoms with Gasteiger partial charge in [-0.1, -0.05) is 48.5 Å². The van der Waals surface area contributed by atoms with Crippen molar-refractivity contribution in [3.63, 3.8) is 0 Å². The number of hydrogen-bond donors (Lipinski definition) is 1.